The van der Waals surface area contributed by atoms with Gasteiger partial charge in [0, 0.05) is 57.0 Å². The number of rotatable bonds is 4. The molecule has 8 rings (SSSR count). The van der Waals surface area contributed by atoms with Crippen molar-refractivity contribution in [1.29, 1.82) is 0 Å². The highest BCUT2D eigenvalue weighted by atomic mass is 16.2. The molecule has 0 saturated heterocycles. The molecule has 0 bridgehead atoms. The van der Waals surface area contributed by atoms with Crippen molar-refractivity contribution in [1.82, 2.24) is 28.2 Å². The highest BCUT2D eigenvalue weighted by Gasteiger charge is 2.33. The van der Waals surface area contributed by atoms with E-state index < -0.39 is 39.8 Å². The zero-order valence-corrected chi connectivity index (χ0v) is 33.4. The molecule has 60 heavy (non-hydrogen) atoms. The molecule has 7 N–H and O–H groups in total. The fourth-order valence-electron chi connectivity index (χ4n) is 6.82. The summed E-state index contributed by atoms with van der Waals surface area (Å²) in [5.41, 5.74) is 18.0. The molecule has 0 spiro atoms. The van der Waals surface area contributed by atoms with Gasteiger partial charge in [-0.05, 0) is 73.5 Å². The Morgan fingerprint density at radius 3 is 1.33 bits per heavy atom. The number of nitrogen functional groups attached to an aromatic ring is 3. The Morgan fingerprint density at radius 1 is 0.517 bits per heavy atom. The summed E-state index contributed by atoms with van der Waals surface area (Å²) in [4.78, 5) is 109. The van der Waals surface area contributed by atoms with Gasteiger partial charge in [0.2, 0.25) is 5.78 Å². The van der Waals surface area contributed by atoms with E-state index in [1.807, 2.05) is 0 Å². The van der Waals surface area contributed by atoms with Gasteiger partial charge in [-0.2, -0.15) is 0 Å². The van der Waals surface area contributed by atoms with Gasteiger partial charge in [-0.1, -0.05) is 13.8 Å². The standard InChI is InChI=1S/C21H19N5O4.C15H13N3O4.C6H8N2/c1-4-12-15-16(17-19(24-12)25(2)21(30)26(3)20(17)29)14(27)9-13(18(15)28)23-11-7-5-10(22)6-8-11;1-4-7-10-8(19)5-6-9(20)11(10)12-13(16-7)17(2)15(22)18(3)14(12)21;7-5-1-2-6(8)4-3-5/h5-9,23H,4,22H2,1-3H3;5-6H,4H2,1-3H3;1-4H,7-8H2. The number of fused-ring (bicyclic) bond motifs is 6. The van der Waals surface area contributed by atoms with Crippen molar-refractivity contribution in [3.63, 3.8) is 0 Å². The van der Waals surface area contributed by atoms with Crippen LogP contribution in [0.5, 0.6) is 0 Å². The van der Waals surface area contributed by atoms with Gasteiger partial charge in [0.05, 0.1) is 50.1 Å². The van der Waals surface area contributed by atoms with Crippen molar-refractivity contribution in [3.8, 4) is 0 Å². The lowest BCUT2D eigenvalue weighted by atomic mass is 9.88. The summed E-state index contributed by atoms with van der Waals surface area (Å²) in [6.07, 6.45) is 4.26. The third-order valence-corrected chi connectivity index (χ3v) is 9.99. The lowest BCUT2D eigenvalue weighted by Gasteiger charge is -2.21. The Kier molecular flexibility index (Phi) is 11.2. The summed E-state index contributed by atoms with van der Waals surface area (Å²) in [5.74, 6) is -1.71. The summed E-state index contributed by atoms with van der Waals surface area (Å²) < 4.78 is 4.23. The van der Waals surface area contributed by atoms with Gasteiger partial charge in [-0.25, -0.2) is 19.6 Å². The van der Waals surface area contributed by atoms with E-state index >= 15 is 0 Å². The van der Waals surface area contributed by atoms with Gasteiger partial charge in [-0.15, -0.1) is 0 Å². The number of nitrogens with one attached hydrogen (secondary N) is 1. The van der Waals surface area contributed by atoms with E-state index in [4.69, 9.17) is 17.2 Å². The van der Waals surface area contributed by atoms with E-state index in [2.05, 4.69) is 15.3 Å². The van der Waals surface area contributed by atoms with Crippen LogP contribution in [0.1, 0.15) is 66.7 Å². The lowest BCUT2D eigenvalue weighted by Crippen LogP contribution is -2.39. The molecule has 18 nitrogen and oxygen atoms in total. The molecule has 4 heterocycles. The maximum absolute atomic E-state index is 13.3. The van der Waals surface area contributed by atoms with E-state index in [-0.39, 0.29) is 55.8 Å². The average Bonchev–Trinajstić information content (AvgIpc) is 3.24. The Labute approximate surface area is 339 Å². The molecule has 2 aromatic carbocycles. The SMILES string of the molecule is CCc1nc2c(c3c1C(=O)C(Nc1ccc(N)cc1)=CC3=O)c(=O)n(C)c(=O)n2C.CCc1nc2c(c3c1C(=O)C=CC3=O)c(=O)n(C)c(=O)n2C.Nc1ccc(N)cc1. The molecule has 306 valence electrons. The number of hydrogen-bond acceptors (Lipinski definition) is 14. The van der Waals surface area contributed by atoms with Crippen molar-refractivity contribution < 1.29 is 19.2 Å². The van der Waals surface area contributed by atoms with Crippen molar-refractivity contribution in [2.45, 2.75) is 26.7 Å². The molecule has 0 aliphatic heterocycles. The van der Waals surface area contributed by atoms with Crippen LogP contribution in [0.15, 0.2) is 91.6 Å². The van der Waals surface area contributed by atoms with Crippen molar-refractivity contribution in [3.05, 3.63) is 148 Å². The van der Waals surface area contributed by atoms with Gasteiger partial charge in [-0.3, -0.25) is 47.0 Å². The second kappa shape index (κ2) is 16.1. The van der Waals surface area contributed by atoms with E-state index in [1.54, 1.807) is 62.4 Å². The minimum atomic E-state index is -0.663. The first-order valence-electron chi connectivity index (χ1n) is 18.5. The van der Waals surface area contributed by atoms with Crippen molar-refractivity contribution in [2.75, 3.05) is 22.5 Å². The quantitative estimate of drug-likeness (QED) is 0.186. The van der Waals surface area contributed by atoms with E-state index in [0.717, 1.165) is 26.6 Å². The van der Waals surface area contributed by atoms with Crippen LogP contribution in [0.25, 0.3) is 22.1 Å². The molecular formula is C42H40N10O8. The number of aryl methyl sites for hydroxylation is 4. The molecule has 2 aliphatic rings. The molecule has 0 unspecified atom stereocenters. The first kappa shape index (κ1) is 41.6. The Hall–Kier alpha value is -8.02. The maximum atomic E-state index is 13.3. The van der Waals surface area contributed by atoms with Crippen LogP contribution in [0, 0.1) is 0 Å². The van der Waals surface area contributed by atoms with Gasteiger partial charge in [0.1, 0.15) is 11.3 Å². The fraction of sp³-hybridized carbons (Fsp3) is 0.190. The maximum Gasteiger partial charge on any atom is 0.332 e. The molecule has 4 aromatic heterocycles. The van der Waals surface area contributed by atoms with Crippen LogP contribution in [-0.2, 0) is 41.0 Å². The third-order valence-electron chi connectivity index (χ3n) is 9.99. The molecule has 0 atom stereocenters. The average molecular weight is 813 g/mol. The van der Waals surface area contributed by atoms with Gasteiger partial charge in [0.15, 0.2) is 17.3 Å². The number of hydrogen-bond donors (Lipinski definition) is 4. The number of allylic oxidation sites excluding steroid dienone is 4. The second-order valence-electron chi connectivity index (χ2n) is 13.9. The van der Waals surface area contributed by atoms with Crippen LogP contribution < -0.4 is 45.0 Å². The van der Waals surface area contributed by atoms with Crippen LogP contribution >= 0.6 is 0 Å². The summed E-state index contributed by atoms with van der Waals surface area (Å²) in [5, 5.41) is 2.92. The summed E-state index contributed by atoms with van der Waals surface area (Å²) >= 11 is 0. The zero-order chi connectivity index (χ0) is 43.9. The van der Waals surface area contributed by atoms with Crippen LogP contribution in [0.3, 0.4) is 0 Å². The normalized spacial score (nSPS) is 12.9. The molecule has 6 aromatic rings. The highest BCUT2D eigenvalue weighted by Crippen LogP contribution is 2.30. The van der Waals surface area contributed by atoms with Crippen molar-refractivity contribution in [2.24, 2.45) is 28.2 Å². The largest absolute Gasteiger partial charge is 0.399 e. The van der Waals surface area contributed by atoms with E-state index in [9.17, 15) is 38.4 Å². The zero-order valence-electron chi connectivity index (χ0n) is 33.4. The van der Waals surface area contributed by atoms with Crippen molar-refractivity contribution >= 4 is 67.9 Å². The highest BCUT2D eigenvalue weighted by molar-refractivity contribution is 6.29. The number of nitrogens with zero attached hydrogens (tertiary/aromatic N) is 6. The molecular weight excluding hydrogens is 773 g/mol. The number of nitrogens with two attached hydrogens (primary N) is 3. The van der Waals surface area contributed by atoms with Gasteiger partial charge >= 0.3 is 11.4 Å². The molecule has 18 heteroatoms. The lowest BCUT2D eigenvalue weighted by molar-refractivity contribution is 0.0985. The minimum absolute atomic E-state index is 0.0130. The fourth-order valence-corrected chi connectivity index (χ4v) is 6.82. The van der Waals surface area contributed by atoms with Crippen LogP contribution in [-0.4, -0.2) is 51.4 Å². The summed E-state index contributed by atoms with van der Waals surface area (Å²) in [6, 6.07) is 13.8. The first-order valence-corrected chi connectivity index (χ1v) is 18.5. The van der Waals surface area contributed by atoms with E-state index in [0.29, 0.717) is 35.6 Å². The van der Waals surface area contributed by atoms with E-state index in [1.165, 1.54) is 49.5 Å². The Morgan fingerprint density at radius 2 is 0.900 bits per heavy atom. The molecule has 0 fully saturated rings. The number of benzene rings is 2. The Bertz CT molecular complexity index is 3130. The second-order valence-corrected chi connectivity index (χ2v) is 13.9. The third kappa shape index (κ3) is 7.21. The predicted molar refractivity (Wildman–Crippen MR) is 227 cm³/mol. The predicted octanol–water partition coefficient (Wildman–Crippen LogP) is 2.13. The first-order chi connectivity index (χ1) is 28.4. The smallest absolute Gasteiger partial charge is 0.332 e. The minimum Gasteiger partial charge on any atom is -0.399 e. The number of anilines is 4. The molecule has 0 amide bonds. The number of aromatic nitrogens is 6. The topological polar surface area (TPSA) is 272 Å². The molecule has 2 aliphatic carbocycles. The number of carbonyl (C=O) groups excluding carboxylic acids is 4. The van der Waals surface area contributed by atoms with Crippen LogP contribution in [0.2, 0.25) is 0 Å². The Balaban J connectivity index is 0.000000175. The summed E-state index contributed by atoms with van der Waals surface area (Å²) in [7, 11) is 5.61. The number of carbonyl (C=O) groups is 4. The molecule has 0 radical (unpaired) electrons. The van der Waals surface area contributed by atoms with Crippen LogP contribution in [0.4, 0.5) is 22.7 Å². The number of ketones is 4. The number of pyridine rings is 2. The monoisotopic (exact) mass is 812 g/mol. The summed E-state index contributed by atoms with van der Waals surface area (Å²) in [6.45, 7) is 3.58. The molecule has 0 saturated carbocycles. The number of Topliss-reactive ketones (excluding diaryl/α,β-unsaturated/α-hetero) is 1. The van der Waals surface area contributed by atoms with Gasteiger partial charge in [0.25, 0.3) is 11.1 Å². The van der Waals surface area contributed by atoms with Gasteiger partial charge < -0.3 is 22.5 Å².